The largest absolute Gasteiger partial charge is 0.416 e. The maximum Gasteiger partial charge on any atom is 0.416 e. The van der Waals surface area contributed by atoms with E-state index in [2.05, 4.69) is 10.6 Å². The summed E-state index contributed by atoms with van der Waals surface area (Å²) in [6.07, 6.45) is -4.29. The van der Waals surface area contributed by atoms with Crippen LogP contribution in [0.2, 0.25) is 5.02 Å². The third-order valence-electron chi connectivity index (χ3n) is 4.53. The van der Waals surface area contributed by atoms with Crippen LogP contribution in [0.5, 0.6) is 0 Å². The van der Waals surface area contributed by atoms with Crippen molar-refractivity contribution in [3.8, 4) is 0 Å². The first-order valence-corrected chi connectivity index (χ1v) is 11.3. The van der Waals surface area contributed by atoms with Gasteiger partial charge in [-0.05, 0) is 35.7 Å². The first-order chi connectivity index (χ1) is 15.2. The van der Waals surface area contributed by atoms with E-state index in [-0.39, 0.29) is 26.9 Å². The number of nitrogens with one attached hydrogen (secondary N) is 2. The van der Waals surface area contributed by atoms with Crippen molar-refractivity contribution < 1.29 is 22.8 Å². The van der Waals surface area contributed by atoms with Gasteiger partial charge in [0.05, 0.1) is 28.4 Å². The lowest BCUT2D eigenvalue weighted by atomic mass is 10.1. The average Bonchev–Trinajstić information content (AvgIpc) is 3.36. The number of halogens is 4. The van der Waals surface area contributed by atoms with Crippen molar-refractivity contribution >= 4 is 67.5 Å². The average molecular weight is 495 g/mol. The van der Waals surface area contributed by atoms with Crippen LogP contribution in [-0.4, -0.2) is 11.8 Å². The second kappa shape index (κ2) is 8.93. The predicted octanol–water partition coefficient (Wildman–Crippen LogP) is 7.07. The van der Waals surface area contributed by atoms with Crippen LogP contribution in [-0.2, 0) is 17.4 Å². The number of amides is 2. The molecule has 0 spiro atoms. The van der Waals surface area contributed by atoms with Crippen LogP contribution in [0.25, 0.3) is 10.1 Å². The predicted molar refractivity (Wildman–Crippen MR) is 123 cm³/mol. The Balaban J connectivity index is 1.56. The van der Waals surface area contributed by atoms with Gasteiger partial charge in [0.25, 0.3) is 5.91 Å². The lowest BCUT2D eigenvalue weighted by Crippen LogP contribution is -2.17. The Bertz CT molecular complexity index is 1300. The van der Waals surface area contributed by atoms with Gasteiger partial charge in [-0.15, -0.1) is 22.7 Å². The van der Waals surface area contributed by atoms with E-state index in [1.54, 1.807) is 24.3 Å². The highest BCUT2D eigenvalue weighted by molar-refractivity contribution is 7.21. The van der Waals surface area contributed by atoms with Crippen LogP contribution >= 0.6 is 34.3 Å². The summed E-state index contributed by atoms with van der Waals surface area (Å²) in [5.41, 5.74) is -0.0609. The number of anilines is 2. The van der Waals surface area contributed by atoms with Crippen molar-refractivity contribution in [2.45, 2.75) is 12.6 Å². The van der Waals surface area contributed by atoms with Gasteiger partial charge in [0.2, 0.25) is 5.91 Å². The van der Waals surface area contributed by atoms with Crippen molar-refractivity contribution in [2.24, 2.45) is 0 Å². The Labute approximate surface area is 193 Å². The van der Waals surface area contributed by atoms with Gasteiger partial charge >= 0.3 is 6.18 Å². The van der Waals surface area contributed by atoms with E-state index < -0.39 is 17.6 Å². The fourth-order valence-electron chi connectivity index (χ4n) is 3.03. The number of fused-ring (bicyclic) bond motifs is 1. The number of alkyl halides is 3. The van der Waals surface area contributed by atoms with Gasteiger partial charge in [-0.3, -0.25) is 9.59 Å². The standard InChI is InChI=1S/C22H14ClF3N2O2S2/c23-19-14-8-7-12(22(24,25)26)10-17(14)32-20(19)21(30)28-16-6-2-1-5-15(16)27-18(29)11-13-4-3-9-31-13/h1-10H,11H2,(H,27,29)(H,28,30). The second-order valence-corrected chi connectivity index (χ2v) is 9.22. The van der Waals surface area contributed by atoms with E-state index in [0.717, 1.165) is 28.3 Å². The van der Waals surface area contributed by atoms with Gasteiger partial charge in [0, 0.05) is 15.0 Å². The normalized spacial score (nSPS) is 11.5. The summed E-state index contributed by atoms with van der Waals surface area (Å²) >= 11 is 8.63. The van der Waals surface area contributed by atoms with Crippen LogP contribution in [0.3, 0.4) is 0 Å². The maximum absolute atomic E-state index is 13.0. The molecule has 4 rings (SSSR count). The first-order valence-electron chi connectivity index (χ1n) is 9.24. The van der Waals surface area contributed by atoms with Gasteiger partial charge in [-0.2, -0.15) is 13.2 Å². The lowest BCUT2D eigenvalue weighted by molar-refractivity contribution is -0.137. The van der Waals surface area contributed by atoms with Crippen molar-refractivity contribution in [1.29, 1.82) is 0 Å². The Morgan fingerprint density at radius 3 is 2.34 bits per heavy atom. The third-order valence-corrected chi connectivity index (χ3v) is 7.06. The molecule has 2 heterocycles. The SMILES string of the molecule is O=C(Cc1cccs1)Nc1ccccc1NC(=O)c1sc2cc(C(F)(F)F)ccc2c1Cl. The molecule has 10 heteroatoms. The minimum Gasteiger partial charge on any atom is -0.324 e. The number of hydrogen-bond acceptors (Lipinski definition) is 4. The van der Waals surface area contributed by atoms with E-state index in [9.17, 15) is 22.8 Å². The zero-order chi connectivity index (χ0) is 22.9. The highest BCUT2D eigenvalue weighted by Gasteiger charge is 2.31. The molecule has 0 saturated carbocycles. The van der Waals surface area contributed by atoms with Gasteiger partial charge in [0.1, 0.15) is 4.88 Å². The summed E-state index contributed by atoms with van der Waals surface area (Å²) < 4.78 is 39.2. The summed E-state index contributed by atoms with van der Waals surface area (Å²) in [7, 11) is 0. The fourth-order valence-corrected chi connectivity index (χ4v) is 5.19. The number of benzene rings is 2. The molecule has 0 saturated heterocycles. The molecular formula is C22H14ClF3N2O2S2. The number of para-hydroxylation sites is 2. The summed E-state index contributed by atoms with van der Waals surface area (Å²) in [4.78, 5) is 26.2. The monoisotopic (exact) mass is 494 g/mol. The summed E-state index contributed by atoms with van der Waals surface area (Å²) in [6, 6.07) is 13.5. The quantitative estimate of drug-likeness (QED) is 0.312. The number of carbonyl (C=O) groups excluding carboxylic acids is 2. The summed E-state index contributed by atoms with van der Waals surface area (Å²) in [5.74, 6) is -0.821. The Hall–Kier alpha value is -2.88. The molecule has 32 heavy (non-hydrogen) atoms. The molecule has 0 atom stereocenters. The van der Waals surface area contributed by atoms with Crippen LogP contribution in [0.1, 0.15) is 20.1 Å². The molecule has 4 aromatic rings. The molecule has 4 nitrogen and oxygen atoms in total. The van der Waals surface area contributed by atoms with Crippen LogP contribution < -0.4 is 10.6 Å². The van der Waals surface area contributed by atoms with Crippen LogP contribution in [0.15, 0.2) is 60.0 Å². The zero-order valence-corrected chi connectivity index (χ0v) is 18.5. The highest BCUT2D eigenvalue weighted by atomic mass is 35.5. The Morgan fingerprint density at radius 2 is 1.69 bits per heavy atom. The fraction of sp³-hybridized carbons (Fsp3) is 0.0909. The first kappa shape index (κ1) is 22.3. The van der Waals surface area contributed by atoms with Crippen LogP contribution in [0, 0.1) is 0 Å². The smallest absolute Gasteiger partial charge is 0.324 e. The Morgan fingerprint density at radius 1 is 0.969 bits per heavy atom. The molecule has 0 radical (unpaired) electrons. The van der Waals surface area contributed by atoms with Gasteiger partial charge in [0.15, 0.2) is 0 Å². The molecular weight excluding hydrogens is 481 g/mol. The molecule has 0 aliphatic heterocycles. The Kier molecular flexibility index (Phi) is 6.23. The van der Waals surface area contributed by atoms with Gasteiger partial charge in [-0.1, -0.05) is 35.9 Å². The second-order valence-electron chi connectivity index (χ2n) is 6.76. The van der Waals surface area contributed by atoms with E-state index in [1.165, 1.54) is 17.4 Å². The van der Waals surface area contributed by atoms with Crippen molar-refractivity contribution in [3.63, 3.8) is 0 Å². The number of hydrogen-bond donors (Lipinski definition) is 2. The number of carbonyl (C=O) groups is 2. The van der Waals surface area contributed by atoms with Crippen molar-refractivity contribution in [2.75, 3.05) is 10.6 Å². The topological polar surface area (TPSA) is 58.2 Å². The highest BCUT2D eigenvalue weighted by Crippen LogP contribution is 2.39. The summed E-state index contributed by atoms with van der Waals surface area (Å²) in [6.45, 7) is 0. The summed E-state index contributed by atoms with van der Waals surface area (Å²) in [5, 5.41) is 7.78. The molecule has 0 fully saturated rings. The lowest BCUT2D eigenvalue weighted by Gasteiger charge is -2.11. The van der Waals surface area contributed by atoms with E-state index >= 15 is 0 Å². The third kappa shape index (κ3) is 4.79. The minimum atomic E-state index is -4.49. The minimum absolute atomic E-state index is 0.0791. The molecule has 0 aliphatic carbocycles. The molecule has 0 bridgehead atoms. The number of rotatable bonds is 5. The number of thiophene rings is 2. The van der Waals surface area contributed by atoms with Gasteiger partial charge in [-0.25, -0.2) is 0 Å². The van der Waals surface area contributed by atoms with Gasteiger partial charge < -0.3 is 10.6 Å². The molecule has 2 N–H and O–H groups in total. The van der Waals surface area contributed by atoms with E-state index in [4.69, 9.17) is 11.6 Å². The maximum atomic E-state index is 13.0. The van der Waals surface area contributed by atoms with E-state index in [0.29, 0.717) is 16.8 Å². The molecule has 2 aromatic heterocycles. The molecule has 2 amide bonds. The van der Waals surface area contributed by atoms with Crippen molar-refractivity contribution in [1.82, 2.24) is 0 Å². The molecule has 164 valence electrons. The molecule has 0 unspecified atom stereocenters. The van der Waals surface area contributed by atoms with E-state index in [1.807, 2.05) is 17.5 Å². The molecule has 2 aromatic carbocycles. The van der Waals surface area contributed by atoms with Crippen LogP contribution in [0.4, 0.5) is 24.5 Å². The molecule has 0 aliphatic rings. The van der Waals surface area contributed by atoms with Crippen molar-refractivity contribution in [3.05, 3.63) is 80.3 Å². The zero-order valence-electron chi connectivity index (χ0n) is 16.1.